The van der Waals surface area contributed by atoms with Gasteiger partial charge in [0.2, 0.25) is 0 Å². The van der Waals surface area contributed by atoms with E-state index in [0.29, 0.717) is 24.4 Å². The number of hydrogen-bond acceptors (Lipinski definition) is 4. The molecule has 0 unspecified atom stereocenters. The van der Waals surface area contributed by atoms with Crippen LogP contribution >= 0.6 is 0 Å². The number of benzene rings is 1. The van der Waals surface area contributed by atoms with Crippen molar-refractivity contribution in [2.24, 2.45) is 17.3 Å². The number of allylic oxidation sites excluding steroid dienone is 2. The Morgan fingerprint density at radius 1 is 1.36 bits per heavy atom. The Bertz CT molecular complexity index is 970. The van der Waals surface area contributed by atoms with Crippen LogP contribution in [0.25, 0.3) is 11.0 Å². The van der Waals surface area contributed by atoms with Crippen molar-refractivity contribution in [2.45, 2.75) is 33.1 Å². The highest BCUT2D eigenvalue weighted by Gasteiger charge is 2.42. The van der Waals surface area contributed by atoms with Crippen LogP contribution in [0.5, 0.6) is 5.75 Å². The lowest BCUT2D eigenvalue weighted by Crippen LogP contribution is -2.40. The largest absolute Gasteiger partial charge is 0.493 e. The van der Waals surface area contributed by atoms with Gasteiger partial charge >= 0.3 is 11.6 Å². The summed E-state index contributed by atoms with van der Waals surface area (Å²) < 4.78 is 11.3. The minimum absolute atomic E-state index is 0.0563. The number of carboxylic acid groups (broad SMARTS) is 1. The molecule has 0 amide bonds. The van der Waals surface area contributed by atoms with Gasteiger partial charge < -0.3 is 14.3 Å². The van der Waals surface area contributed by atoms with E-state index in [1.807, 2.05) is 19.1 Å². The Labute approximate surface area is 164 Å². The van der Waals surface area contributed by atoms with Crippen LogP contribution in [0.4, 0.5) is 0 Å². The second-order valence-corrected chi connectivity index (χ2v) is 7.83. The standard InChI is InChI=1S/C23H26O5/c1-15(2)19-6-4-5-17(23(19,3)12-11-21(24)25)14-27-18-9-7-16-8-10-22(26)28-20(16)13-18/h4-5,7-10,13,17,19H,1,6,11-12,14H2,2-3H3,(H,24,25)/t17-,19+,23-/m0/s1. The molecule has 1 aliphatic rings. The molecule has 0 saturated heterocycles. The molecule has 0 aliphatic heterocycles. The maximum Gasteiger partial charge on any atom is 0.336 e. The van der Waals surface area contributed by atoms with Gasteiger partial charge in [-0.3, -0.25) is 4.79 Å². The van der Waals surface area contributed by atoms with E-state index in [4.69, 9.17) is 9.15 Å². The first kappa shape index (κ1) is 19.9. The van der Waals surface area contributed by atoms with E-state index in [2.05, 4.69) is 25.7 Å². The molecule has 1 aliphatic carbocycles. The quantitative estimate of drug-likeness (QED) is 0.549. The molecule has 3 rings (SSSR count). The smallest absolute Gasteiger partial charge is 0.336 e. The van der Waals surface area contributed by atoms with Crippen LogP contribution in [0.3, 0.4) is 0 Å². The van der Waals surface area contributed by atoms with Gasteiger partial charge in [-0.15, -0.1) is 0 Å². The molecule has 0 bridgehead atoms. The molecule has 0 spiro atoms. The molecule has 1 aromatic heterocycles. The summed E-state index contributed by atoms with van der Waals surface area (Å²) >= 11 is 0. The summed E-state index contributed by atoms with van der Waals surface area (Å²) in [5.41, 5.74) is 0.903. The van der Waals surface area contributed by atoms with Crippen LogP contribution in [0, 0.1) is 17.3 Å². The van der Waals surface area contributed by atoms with Gasteiger partial charge in [0.15, 0.2) is 0 Å². The van der Waals surface area contributed by atoms with E-state index in [-0.39, 0.29) is 23.7 Å². The summed E-state index contributed by atoms with van der Waals surface area (Å²) in [5, 5.41) is 10.0. The van der Waals surface area contributed by atoms with E-state index in [1.165, 1.54) is 6.07 Å². The summed E-state index contributed by atoms with van der Waals surface area (Å²) in [5.74, 6) is 0.0922. The van der Waals surface area contributed by atoms with E-state index in [9.17, 15) is 14.7 Å². The number of carboxylic acids is 1. The van der Waals surface area contributed by atoms with Crippen molar-refractivity contribution in [3.8, 4) is 5.75 Å². The Morgan fingerprint density at radius 3 is 2.82 bits per heavy atom. The molecular formula is C23H26O5. The highest BCUT2D eigenvalue weighted by molar-refractivity contribution is 5.77. The molecule has 28 heavy (non-hydrogen) atoms. The molecular weight excluding hydrogens is 356 g/mol. The minimum Gasteiger partial charge on any atom is -0.493 e. The molecule has 0 radical (unpaired) electrons. The Balaban J connectivity index is 1.81. The predicted molar refractivity (Wildman–Crippen MR) is 109 cm³/mol. The molecule has 2 aromatic rings. The van der Waals surface area contributed by atoms with Crippen molar-refractivity contribution >= 4 is 16.9 Å². The maximum absolute atomic E-state index is 11.4. The summed E-state index contributed by atoms with van der Waals surface area (Å²) in [7, 11) is 0. The fourth-order valence-electron chi connectivity index (χ4n) is 4.19. The third-order valence-electron chi connectivity index (χ3n) is 5.88. The molecule has 1 N–H and O–H groups in total. The van der Waals surface area contributed by atoms with Gasteiger partial charge in [0, 0.05) is 29.9 Å². The Kier molecular flexibility index (Phi) is 5.73. The normalized spacial score (nSPS) is 24.2. The Morgan fingerprint density at radius 2 is 2.11 bits per heavy atom. The molecule has 148 valence electrons. The van der Waals surface area contributed by atoms with Crippen LogP contribution in [-0.4, -0.2) is 17.7 Å². The summed E-state index contributed by atoms with van der Waals surface area (Å²) in [4.78, 5) is 22.6. The summed E-state index contributed by atoms with van der Waals surface area (Å²) in [6, 6.07) is 8.52. The molecule has 1 heterocycles. The van der Waals surface area contributed by atoms with Crippen LogP contribution in [-0.2, 0) is 4.79 Å². The number of aliphatic carboxylic acids is 1. The topological polar surface area (TPSA) is 76.7 Å². The van der Waals surface area contributed by atoms with Crippen LogP contribution in [0.2, 0.25) is 0 Å². The molecule has 5 heteroatoms. The molecule has 1 aromatic carbocycles. The SMILES string of the molecule is C=C(C)[C@H]1CC=C[C@@H](COc2ccc3ccc(=O)oc3c2)[C@]1(C)CCC(=O)O. The Hall–Kier alpha value is -2.82. The van der Waals surface area contributed by atoms with Crippen LogP contribution in [0.1, 0.15) is 33.1 Å². The average Bonchev–Trinajstić information content (AvgIpc) is 2.65. The number of ether oxygens (including phenoxy) is 1. The first-order valence-corrected chi connectivity index (χ1v) is 9.50. The number of carbonyl (C=O) groups is 1. The number of rotatable bonds is 7. The van der Waals surface area contributed by atoms with Crippen molar-refractivity contribution in [2.75, 3.05) is 6.61 Å². The van der Waals surface area contributed by atoms with E-state index < -0.39 is 11.6 Å². The third kappa shape index (κ3) is 4.19. The van der Waals surface area contributed by atoms with Crippen LogP contribution in [0.15, 0.2) is 63.8 Å². The lowest BCUT2D eigenvalue weighted by Gasteiger charge is -2.45. The lowest BCUT2D eigenvalue weighted by atomic mass is 9.60. The van der Waals surface area contributed by atoms with Crippen molar-refractivity contribution in [3.63, 3.8) is 0 Å². The van der Waals surface area contributed by atoms with Crippen molar-refractivity contribution in [1.29, 1.82) is 0 Å². The lowest BCUT2D eigenvalue weighted by molar-refractivity contribution is -0.138. The van der Waals surface area contributed by atoms with Crippen LogP contribution < -0.4 is 10.4 Å². The second-order valence-electron chi connectivity index (χ2n) is 7.83. The zero-order valence-electron chi connectivity index (χ0n) is 16.3. The first-order valence-electron chi connectivity index (χ1n) is 9.50. The highest BCUT2D eigenvalue weighted by atomic mass is 16.5. The third-order valence-corrected chi connectivity index (χ3v) is 5.88. The minimum atomic E-state index is -0.791. The summed E-state index contributed by atoms with van der Waals surface area (Å²) in [6.07, 6.45) is 5.80. The van der Waals surface area contributed by atoms with Crippen molar-refractivity contribution in [3.05, 3.63) is 65.1 Å². The fraction of sp³-hybridized carbons (Fsp3) is 0.391. The first-order chi connectivity index (χ1) is 13.3. The van der Waals surface area contributed by atoms with Crippen molar-refractivity contribution in [1.82, 2.24) is 0 Å². The van der Waals surface area contributed by atoms with Gasteiger partial charge in [0.1, 0.15) is 11.3 Å². The monoisotopic (exact) mass is 382 g/mol. The molecule has 5 nitrogen and oxygen atoms in total. The van der Waals surface area contributed by atoms with Gasteiger partial charge in [0.05, 0.1) is 6.61 Å². The molecule has 3 atom stereocenters. The summed E-state index contributed by atoms with van der Waals surface area (Å²) in [6.45, 7) is 8.69. The average molecular weight is 382 g/mol. The van der Waals surface area contributed by atoms with E-state index >= 15 is 0 Å². The fourth-order valence-corrected chi connectivity index (χ4v) is 4.19. The molecule has 0 fully saturated rings. The van der Waals surface area contributed by atoms with Gasteiger partial charge in [-0.1, -0.05) is 31.2 Å². The van der Waals surface area contributed by atoms with E-state index in [1.54, 1.807) is 12.1 Å². The number of fused-ring (bicyclic) bond motifs is 1. The predicted octanol–water partition coefficient (Wildman–Crippen LogP) is 4.81. The van der Waals surface area contributed by atoms with E-state index in [0.717, 1.165) is 17.4 Å². The van der Waals surface area contributed by atoms with Gasteiger partial charge in [-0.05, 0) is 49.3 Å². The van der Waals surface area contributed by atoms with Crippen molar-refractivity contribution < 1.29 is 19.1 Å². The zero-order valence-corrected chi connectivity index (χ0v) is 16.3. The van der Waals surface area contributed by atoms with Gasteiger partial charge in [-0.2, -0.15) is 0 Å². The number of hydrogen-bond donors (Lipinski definition) is 1. The maximum atomic E-state index is 11.4. The second kappa shape index (κ2) is 8.05. The molecule has 0 saturated carbocycles. The zero-order chi connectivity index (χ0) is 20.3. The van der Waals surface area contributed by atoms with Gasteiger partial charge in [-0.25, -0.2) is 4.79 Å². The highest BCUT2D eigenvalue weighted by Crippen LogP contribution is 2.48. The van der Waals surface area contributed by atoms with Gasteiger partial charge in [0.25, 0.3) is 0 Å².